The molecule has 0 saturated carbocycles. The molecule has 0 saturated heterocycles. The Labute approximate surface area is 130 Å². The van der Waals surface area contributed by atoms with Gasteiger partial charge in [0.15, 0.2) is 0 Å². The van der Waals surface area contributed by atoms with Crippen molar-refractivity contribution in [1.29, 1.82) is 0 Å². The lowest BCUT2D eigenvalue weighted by molar-refractivity contribution is 0.877. The third-order valence-corrected chi connectivity index (χ3v) is 3.93. The van der Waals surface area contributed by atoms with Gasteiger partial charge in [-0.15, -0.1) is 11.6 Å². The highest BCUT2D eigenvalue weighted by atomic mass is 35.5. The van der Waals surface area contributed by atoms with Crippen molar-refractivity contribution in [2.24, 2.45) is 0 Å². The zero-order valence-electron chi connectivity index (χ0n) is 11.9. The average molecular weight is 297 g/mol. The zero-order chi connectivity index (χ0) is 14.7. The standard InChI is InChI=1S/C18H17ClN2/c1-14-7-9-15(10-8-14)11-18(19)16-12-20-21(13-16)17-5-3-2-4-6-17/h2-10,12-13,18H,11H2,1H3. The number of nitrogens with zero attached hydrogens (tertiary/aromatic N) is 2. The fourth-order valence-electron chi connectivity index (χ4n) is 2.27. The molecule has 2 aromatic carbocycles. The van der Waals surface area contributed by atoms with E-state index in [-0.39, 0.29) is 5.38 Å². The van der Waals surface area contributed by atoms with Gasteiger partial charge in [0.25, 0.3) is 0 Å². The Kier molecular flexibility index (Phi) is 4.07. The summed E-state index contributed by atoms with van der Waals surface area (Å²) < 4.78 is 1.86. The summed E-state index contributed by atoms with van der Waals surface area (Å²) >= 11 is 6.53. The average Bonchev–Trinajstić information content (AvgIpc) is 3.00. The summed E-state index contributed by atoms with van der Waals surface area (Å²) in [7, 11) is 0. The summed E-state index contributed by atoms with van der Waals surface area (Å²) in [5.74, 6) is 0. The highest BCUT2D eigenvalue weighted by molar-refractivity contribution is 6.20. The molecule has 1 atom stereocenters. The van der Waals surface area contributed by atoms with Crippen LogP contribution in [-0.4, -0.2) is 9.78 Å². The lowest BCUT2D eigenvalue weighted by Crippen LogP contribution is -1.96. The van der Waals surface area contributed by atoms with E-state index >= 15 is 0 Å². The van der Waals surface area contributed by atoms with Crippen LogP contribution >= 0.6 is 11.6 Å². The number of aryl methyl sites for hydroxylation is 1. The SMILES string of the molecule is Cc1ccc(CC(Cl)c2cnn(-c3ccccc3)c2)cc1. The van der Waals surface area contributed by atoms with Gasteiger partial charge in [0.2, 0.25) is 0 Å². The lowest BCUT2D eigenvalue weighted by atomic mass is 10.1. The number of alkyl halides is 1. The first kappa shape index (κ1) is 13.9. The van der Waals surface area contributed by atoms with Crippen molar-refractivity contribution in [3.05, 3.63) is 83.7 Å². The number of benzene rings is 2. The van der Waals surface area contributed by atoms with Crippen molar-refractivity contribution in [2.75, 3.05) is 0 Å². The van der Waals surface area contributed by atoms with Gasteiger partial charge in [0.05, 0.1) is 17.3 Å². The molecule has 3 aromatic rings. The Balaban J connectivity index is 1.75. The van der Waals surface area contributed by atoms with Gasteiger partial charge in [0, 0.05) is 11.8 Å². The van der Waals surface area contributed by atoms with Gasteiger partial charge in [0.1, 0.15) is 0 Å². The molecule has 0 amide bonds. The van der Waals surface area contributed by atoms with Gasteiger partial charge in [-0.25, -0.2) is 4.68 Å². The molecule has 1 unspecified atom stereocenters. The van der Waals surface area contributed by atoms with E-state index in [9.17, 15) is 0 Å². The van der Waals surface area contributed by atoms with E-state index in [1.165, 1.54) is 11.1 Å². The van der Waals surface area contributed by atoms with E-state index in [0.717, 1.165) is 17.7 Å². The quantitative estimate of drug-likeness (QED) is 0.638. The smallest absolute Gasteiger partial charge is 0.0656 e. The monoisotopic (exact) mass is 296 g/mol. The van der Waals surface area contributed by atoms with Crippen LogP contribution < -0.4 is 0 Å². The number of para-hydroxylation sites is 1. The van der Waals surface area contributed by atoms with Crippen molar-refractivity contribution in [1.82, 2.24) is 9.78 Å². The van der Waals surface area contributed by atoms with Crippen LogP contribution in [0.4, 0.5) is 0 Å². The molecule has 0 spiro atoms. The van der Waals surface area contributed by atoms with E-state index in [4.69, 9.17) is 11.6 Å². The molecule has 0 bridgehead atoms. The molecule has 106 valence electrons. The maximum absolute atomic E-state index is 6.53. The number of halogens is 1. The summed E-state index contributed by atoms with van der Waals surface area (Å²) in [6.45, 7) is 2.09. The molecule has 0 aliphatic rings. The van der Waals surface area contributed by atoms with Crippen LogP contribution in [-0.2, 0) is 6.42 Å². The molecule has 3 heteroatoms. The summed E-state index contributed by atoms with van der Waals surface area (Å²) in [4.78, 5) is 0. The van der Waals surface area contributed by atoms with Crippen LogP contribution in [0.2, 0.25) is 0 Å². The maximum Gasteiger partial charge on any atom is 0.0656 e. The molecule has 0 aliphatic heterocycles. The topological polar surface area (TPSA) is 17.8 Å². The maximum atomic E-state index is 6.53. The third-order valence-electron chi connectivity index (χ3n) is 3.52. The molecule has 21 heavy (non-hydrogen) atoms. The van der Waals surface area contributed by atoms with Crippen molar-refractivity contribution < 1.29 is 0 Å². The Morgan fingerprint density at radius 1 is 1.05 bits per heavy atom. The van der Waals surface area contributed by atoms with Crippen molar-refractivity contribution >= 4 is 11.6 Å². The molecule has 1 aromatic heterocycles. The number of hydrogen-bond donors (Lipinski definition) is 0. The minimum atomic E-state index is -0.0647. The van der Waals surface area contributed by atoms with Gasteiger partial charge >= 0.3 is 0 Å². The van der Waals surface area contributed by atoms with Gasteiger partial charge < -0.3 is 0 Å². The van der Waals surface area contributed by atoms with E-state index in [0.29, 0.717) is 0 Å². The Hall–Kier alpha value is -2.06. The van der Waals surface area contributed by atoms with E-state index in [1.54, 1.807) is 0 Å². The summed E-state index contributed by atoms with van der Waals surface area (Å²) in [6.07, 6.45) is 4.66. The number of aromatic nitrogens is 2. The fourth-order valence-corrected chi connectivity index (χ4v) is 2.56. The van der Waals surface area contributed by atoms with Gasteiger partial charge in [-0.3, -0.25) is 0 Å². The molecular formula is C18H17ClN2. The van der Waals surface area contributed by atoms with Gasteiger partial charge in [-0.05, 0) is 31.0 Å². The number of hydrogen-bond acceptors (Lipinski definition) is 1. The first-order valence-corrected chi connectivity index (χ1v) is 7.45. The molecule has 3 rings (SSSR count). The predicted molar refractivity (Wildman–Crippen MR) is 87.0 cm³/mol. The minimum Gasteiger partial charge on any atom is -0.241 e. The summed E-state index contributed by atoms with van der Waals surface area (Å²) in [6, 6.07) is 18.6. The molecule has 0 N–H and O–H groups in total. The first-order chi connectivity index (χ1) is 10.2. The molecule has 0 radical (unpaired) electrons. The van der Waals surface area contributed by atoms with Crippen LogP contribution in [0.3, 0.4) is 0 Å². The zero-order valence-corrected chi connectivity index (χ0v) is 12.7. The molecule has 0 aliphatic carbocycles. The Bertz CT molecular complexity index is 702. The van der Waals surface area contributed by atoms with Crippen molar-refractivity contribution in [3.8, 4) is 5.69 Å². The van der Waals surface area contributed by atoms with Crippen LogP contribution in [0.15, 0.2) is 67.0 Å². The highest BCUT2D eigenvalue weighted by Gasteiger charge is 2.12. The largest absolute Gasteiger partial charge is 0.241 e. The Morgan fingerprint density at radius 2 is 1.76 bits per heavy atom. The molecule has 2 nitrogen and oxygen atoms in total. The molecular weight excluding hydrogens is 280 g/mol. The lowest BCUT2D eigenvalue weighted by Gasteiger charge is -2.07. The van der Waals surface area contributed by atoms with Crippen LogP contribution in [0.25, 0.3) is 5.69 Å². The van der Waals surface area contributed by atoms with E-state index < -0.39 is 0 Å². The summed E-state index contributed by atoms with van der Waals surface area (Å²) in [5, 5.41) is 4.33. The van der Waals surface area contributed by atoms with E-state index in [1.807, 2.05) is 47.4 Å². The molecule has 0 fully saturated rings. The number of rotatable bonds is 4. The normalized spacial score (nSPS) is 12.3. The van der Waals surface area contributed by atoms with Crippen LogP contribution in [0.1, 0.15) is 22.1 Å². The minimum absolute atomic E-state index is 0.0647. The second kappa shape index (κ2) is 6.15. The van der Waals surface area contributed by atoms with E-state index in [2.05, 4.69) is 36.3 Å². The van der Waals surface area contributed by atoms with Gasteiger partial charge in [-0.1, -0.05) is 48.0 Å². The Morgan fingerprint density at radius 3 is 2.48 bits per heavy atom. The van der Waals surface area contributed by atoms with Gasteiger partial charge in [-0.2, -0.15) is 5.10 Å². The third kappa shape index (κ3) is 3.34. The highest BCUT2D eigenvalue weighted by Crippen LogP contribution is 2.25. The second-order valence-corrected chi connectivity index (χ2v) is 5.74. The first-order valence-electron chi connectivity index (χ1n) is 7.02. The van der Waals surface area contributed by atoms with Crippen LogP contribution in [0.5, 0.6) is 0 Å². The second-order valence-electron chi connectivity index (χ2n) is 5.21. The van der Waals surface area contributed by atoms with Crippen molar-refractivity contribution in [3.63, 3.8) is 0 Å². The fraction of sp³-hybridized carbons (Fsp3) is 0.167. The van der Waals surface area contributed by atoms with Crippen molar-refractivity contribution in [2.45, 2.75) is 18.7 Å². The predicted octanol–water partition coefficient (Wildman–Crippen LogP) is 4.70. The summed E-state index contributed by atoms with van der Waals surface area (Å²) in [5.41, 5.74) is 4.60. The molecule has 1 heterocycles. The van der Waals surface area contributed by atoms with Crippen LogP contribution in [0, 0.1) is 6.92 Å².